The first-order valence-corrected chi connectivity index (χ1v) is 9.53. The van der Waals surface area contributed by atoms with Crippen LogP contribution < -0.4 is 15.4 Å². The van der Waals surface area contributed by atoms with Crippen LogP contribution in [-0.2, 0) is 0 Å². The van der Waals surface area contributed by atoms with E-state index in [0.29, 0.717) is 12.1 Å². The van der Waals surface area contributed by atoms with Crippen LogP contribution in [0.15, 0.2) is 30.3 Å². The van der Waals surface area contributed by atoms with Crippen molar-refractivity contribution in [3.05, 3.63) is 30.3 Å². The molecule has 2 bridgehead atoms. The number of piperidine rings is 2. The van der Waals surface area contributed by atoms with Gasteiger partial charge in [0.2, 0.25) is 0 Å². The Morgan fingerprint density at radius 3 is 2.44 bits per heavy atom. The number of amides is 2. The normalized spacial score (nSPS) is 28.7. The third-order valence-electron chi connectivity index (χ3n) is 5.80. The summed E-state index contributed by atoms with van der Waals surface area (Å²) in [7, 11) is 2.23. The summed E-state index contributed by atoms with van der Waals surface area (Å²) in [6, 6.07) is 11.1. The van der Waals surface area contributed by atoms with Gasteiger partial charge >= 0.3 is 6.03 Å². The molecule has 0 radical (unpaired) electrons. The van der Waals surface area contributed by atoms with Crippen LogP contribution in [0.2, 0.25) is 0 Å². The first kappa shape index (κ1) is 18.1. The number of rotatable bonds is 5. The number of urea groups is 1. The van der Waals surface area contributed by atoms with Crippen LogP contribution in [0.1, 0.15) is 46.0 Å². The van der Waals surface area contributed by atoms with E-state index in [1.54, 1.807) is 0 Å². The van der Waals surface area contributed by atoms with E-state index in [2.05, 4.69) is 22.6 Å². The summed E-state index contributed by atoms with van der Waals surface area (Å²) in [5, 5.41) is 6.22. The molecule has 2 aliphatic heterocycles. The van der Waals surface area contributed by atoms with Crippen LogP contribution >= 0.6 is 0 Å². The van der Waals surface area contributed by atoms with Crippen LogP contribution in [0.5, 0.6) is 5.75 Å². The first-order chi connectivity index (χ1) is 12.0. The van der Waals surface area contributed by atoms with Gasteiger partial charge in [0.25, 0.3) is 0 Å². The molecule has 2 N–H and O–H groups in total. The number of fused-ring (bicyclic) bond motifs is 2. The number of nitrogens with one attached hydrogen (secondary N) is 2. The van der Waals surface area contributed by atoms with Gasteiger partial charge in [0.05, 0.1) is 6.04 Å². The zero-order chi connectivity index (χ0) is 17.8. The van der Waals surface area contributed by atoms with Crippen LogP contribution in [0.25, 0.3) is 0 Å². The molecular weight excluding hydrogens is 314 g/mol. The molecule has 2 saturated heterocycles. The largest absolute Gasteiger partial charge is 0.489 e. The Bertz CT molecular complexity index is 551. The molecule has 3 rings (SSSR count). The molecule has 1 aromatic carbocycles. The van der Waals surface area contributed by atoms with E-state index in [9.17, 15) is 4.79 Å². The Labute approximate surface area is 151 Å². The van der Waals surface area contributed by atoms with Gasteiger partial charge in [0.1, 0.15) is 11.9 Å². The molecule has 138 valence electrons. The fourth-order valence-electron chi connectivity index (χ4n) is 4.10. The fraction of sp³-hybridized carbons (Fsp3) is 0.650. The summed E-state index contributed by atoms with van der Waals surface area (Å²) >= 11 is 0. The minimum atomic E-state index is -0.0926. The Kier molecular flexibility index (Phi) is 5.84. The van der Waals surface area contributed by atoms with Gasteiger partial charge in [-0.3, -0.25) is 0 Å². The molecule has 0 saturated carbocycles. The van der Waals surface area contributed by atoms with Crippen molar-refractivity contribution in [3.8, 4) is 5.75 Å². The number of hydrogen-bond donors (Lipinski definition) is 2. The van der Waals surface area contributed by atoms with Crippen molar-refractivity contribution in [1.29, 1.82) is 0 Å². The number of benzene rings is 1. The Balaban J connectivity index is 1.45. The van der Waals surface area contributed by atoms with Gasteiger partial charge in [-0.1, -0.05) is 24.6 Å². The van der Waals surface area contributed by atoms with Crippen molar-refractivity contribution >= 4 is 6.03 Å². The Morgan fingerprint density at radius 2 is 1.80 bits per heavy atom. The molecule has 2 amide bonds. The van der Waals surface area contributed by atoms with E-state index < -0.39 is 0 Å². The van der Waals surface area contributed by atoms with Crippen molar-refractivity contribution in [2.45, 2.75) is 76.2 Å². The molecule has 0 aromatic heterocycles. The molecule has 25 heavy (non-hydrogen) atoms. The Morgan fingerprint density at radius 1 is 1.16 bits per heavy atom. The van der Waals surface area contributed by atoms with Crippen LogP contribution in [-0.4, -0.2) is 48.3 Å². The van der Waals surface area contributed by atoms with Gasteiger partial charge in [0, 0.05) is 18.1 Å². The van der Waals surface area contributed by atoms with Gasteiger partial charge < -0.3 is 20.3 Å². The Hall–Kier alpha value is -1.75. The molecular formula is C20H31N3O2. The number of carbonyl (C=O) groups excluding carboxylic acids is 1. The van der Waals surface area contributed by atoms with Gasteiger partial charge in [-0.05, 0) is 58.7 Å². The van der Waals surface area contributed by atoms with Crippen molar-refractivity contribution < 1.29 is 9.53 Å². The minimum Gasteiger partial charge on any atom is -0.489 e. The van der Waals surface area contributed by atoms with E-state index in [-0.39, 0.29) is 24.2 Å². The lowest BCUT2D eigenvalue weighted by Gasteiger charge is -2.47. The lowest BCUT2D eigenvalue weighted by molar-refractivity contribution is 0.0506. The lowest BCUT2D eigenvalue weighted by Crippen LogP contribution is -2.57. The standard InChI is InChI=1S/C20H31N3O2/c1-14(15(2)25-19-10-5-4-6-11-19)21-20(24)22-16-12-17-8-7-9-18(13-16)23(17)3/h4-6,10-11,14-18H,7-9,12-13H2,1-3H3,(H2,21,22,24)/t14-,15-,16?,17-,18+/m1/s1. The average Bonchev–Trinajstić information content (AvgIpc) is 2.56. The second-order valence-electron chi connectivity index (χ2n) is 7.61. The van der Waals surface area contributed by atoms with Crippen LogP contribution in [0.3, 0.4) is 0 Å². The van der Waals surface area contributed by atoms with Crippen molar-refractivity contribution in [2.75, 3.05) is 7.05 Å². The average molecular weight is 345 g/mol. The highest BCUT2D eigenvalue weighted by molar-refractivity contribution is 5.74. The van der Waals surface area contributed by atoms with Crippen molar-refractivity contribution in [3.63, 3.8) is 0 Å². The highest BCUT2D eigenvalue weighted by Gasteiger charge is 2.36. The van der Waals surface area contributed by atoms with Gasteiger partial charge in [-0.25, -0.2) is 4.79 Å². The monoisotopic (exact) mass is 345 g/mol. The number of hydrogen-bond acceptors (Lipinski definition) is 3. The van der Waals surface area contributed by atoms with E-state index in [1.807, 2.05) is 44.2 Å². The van der Waals surface area contributed by atoms with E-state index >= 15 is 0 Å². The molecule has 2 heterocycles. The zero-order valence-electron chi connectivity index (χ0n) is 15.6. The summed E-state index contributed by atoms with van der Waals surface area (Å²) in [5.74, 6) is 0.826. The minimum absolute atomic E-state index is 0.0639. The summed E-state index contributed by atoms with van der Waals surface area (Å²) in [5.41, 5.74) is 0. The molecule has 5 nitrogen and oxygen atoms in total. The third kappa shape index (κ3) is 4.66. The maximum atomic E-state index is 12.4. The highest BCUT2D eigenvalue weighted by atomic mass is 16.5. The predicted octanol–water partition coefficient (Wildman–Crippen LogP) is 3.16. The maximum Gasteiger partial charge on any atom is 0.315 e. The van der Waals surface area contributed by atoms with Crippen molar-refractivity contribution in [1.82, 2.24) is 15.5 Å². The van der Waals surface area contributed by atoms with Crippen molar-refractivity contribution in [2.24, 2.45) is 0 Å². The smallest absolute Gasteiger partial charge is 0.315 e. The molecule has 2 fully saturated rings. The molecule has 0 aliphatic carbocycles. The third-order valence-corrected chi connectivity index (χ3v) is 5.80. The zero-order valence-corrected chi connectivity index (χ0v) is 15.6. The van der Waals surface area contributed by atoms with Gasteiger partial charge in [-0.15, -0.1) is 0 Å². The first-order valence-electron chi connectivity index (χ1n) is 9.53. The maximum absolute atomic E-state index is 12.4. The second-order valence-corrected chi connectivity index (χ2v) is 7.61. The number of carbonyl (C=O) groups is 1. The highest BCUT2D eigenvalue weighted by Crippen LogP contribution is 2.32. The summed E-state index contributed by atoms with van der Waals surface area (Å²) in [6.45, 7) is 3.97. The summed E-state index contributed by atoms with van der Waals surface area (Å²) in [4.78, 5) is 14.9. The number of nitrogens with zero attached hydrogens (tertiary/aromatic N) is 1. The van der Waals surface area contributed by atoms with E-state index in [4.69, 9.17) is 4.74 Å². The van der Waals surface area contributed by atoms with Crippen LogP contribution in [0, 0.1) is 0 Å². The molecule has 5 heteroatoms. The number of para-hydroxylation sites is 1. The second kappa shape index (κ2) is 8.09. The molecule has 1 aromatic rings. The number of ether oxygens (including phenoxy) is 1. The predicted molar refractivity (Wildman–Crippen MR) is 99.9 cm³/mol. The quantitative estimate of drug-likeness (QED) is 0.862. The molecule has 5 atom stereocenters. The van der Waals surface area contributed by atoms with E-state index in [1.165, 1.54) is 19.3 Å². The summed E-state index contributed by atoms with van der Waals surface area (Å²) in [6.07, 6.45) is 5.86. The molecule has 2 aliphatic rings. The lowest BCUT2D eigenvalue weighted by atomic mass is 9.82. The van der Waals surface area contributed by atoms with Gasteiger partial charge in [-0.2, -0.15) is 0 Å². The molecule has 0 spiro atoms. The molecule has 1 unspecified atom stereocenters. The van der Waals surface area contributed by atoms with Crippen LogP contribution in [0.4, 0.5) is 4.79 Å². The topological polar surface area (TPSA) is 53.6 Å². The van der Waals surface area contributed by atoms with E-state index in [0.717, 1.165) is 18.6 Å². The fourth-order valence-corrected chi connectivity index (χ4v) is 4.10. The SMILES string of the molecule is C[C@@H](NC(=O)NC1C[C@H]2CCC[C@@H](C1)N2C)[C@@H](C)Oc1ccccc1. The summed E-state index contributed by atoms with van der Waals surface area (Å²) < 4.78 is 5.89. The van der Waals surface area contributed by atoms with Gasteiger partial charge in [0.15, 0.2) is 0 Å².